The van der Waals surface area contributed by atoms with Crippen LogP contribution in [0, 0.1) is 12.7 Å². The third kappa shape index (κ3) is 0.787. The van der Waals surface area contributed by atoms with Crippen molar-refractivity contribution in [2.75, 3.05) is 0 Å². The number of hydrogen-bond acceptors (Lipinski definition) is 3. The van der Waals surface area contributed by atoms with E-state index in [4.69, 9.17) is 0 Å². The van der Waals surface area contributed by atoms with Gasteiger partial charge in [-0.1, -0.05) is 12.1 Å². The van der Waals surface area contributed by atoms with Crippen LogP contribution in [-0.4, -0.2) is 20.2 Å². The van der Waals surface area contributed by atoms with Gasteiger partial charge < -0.3 is 0 Å². The van der Waals surface area contributed by atoms with Gasteiger partial charge in [-0.25, -0.2) is 9.07 Å². The Morgan fingerprint density at radius 3 is 3.14 bits per heavy atom. The number of hydrogen-bond donors (Lipinski definition) is 0. The Morgan fingerprint density at radius 1 is 1.43 bits per heavy atom. The molecule has 0 amide bonds. The van der Waals surface area contributed by atoms with Gasteiger partial charge in [-0.3, -0.25) is 0 Å². The number of tetrazole rings is 1. The van der Waals surface area contributed by atoms with E-state index in [1.807, 2.05) is 6.07 Å². The molecule has 0 fully saturated rings. The molecule has 4 nitrogen and oxygen atoms in total. The van der Waals surface area contributed by atoms with Crippen LogP contribution in [0.5, 0.6) is 0 Å². The summed E-state index contributed by atoms with van der Waals surface area (Å²) in [5.41, 5.74) is 2.13. The van der Waals surface area contributed by atoms with Crippen LogP contribution in [-0.2, 0) is 6.54 Å². The van der Waals surface area contributed by atoms with Crippen LogP contribution in [0.2, 0.25) is 0 Å². The molecule has 0 N–H and O–H groups in total. The maximum absolute atomic E-state index is 13.7. The van der Waals surface area contributed by atoms with Crippen LogP contribution < -0.4 is 0 Å². The SMILES string of the molecule is Cc1ccc2c(c1F)Cn1nnnc1-2. The lowest BCUT2D eigenvalue weighted by atomic mass is 10.1. The van der Waals surface area contributed by atoms with Crippen molar-refractivity contribution >= 4 is 0 Å². The number of rotatable bonds is 0. The summed E-state index contributed by atoms with van der Waals surface area (Å²) in [6.07, 6.45) is 0. The minimum absolute atomic E-state index is 0.158. The highest BCUT2D eigenvalue weighted by Gasteiger charge is 2.24. The minimum Gasteiger partial charge on any atom is -0.221 e. The monoisotopic (exact) mass is 190 g/mol. The Balaban J connectivity index is 2.32. The summed E-state index contributed by atoms with van der Waals surface area (Å²) in [7, 11) is 0. The Labute approximate surface area is 79.4 Å². The maximum atomic E-state index is 13.7. The van der Waals surface area contributed by atoms with Crippen LogP contribution in [0.1, 0.15) is 11.1 Å². The highest BCUT2D eigenvalue weighted by molar-refractivity contribution is 5.64. The van der Waals surface area contributed by atoms with Crippen LogP contribution in [0.25, 0.3) is 11.4 Å². The van der Waals surface area contributed by atoms with Crippen LogP contribution in [0.15, 0.2) is 12.1 Å². The molecule has 2 aromatic rings. The Morgan fingerprint density at radius 2 is 2.29 bits per heavy atom. The fourth-order valence-corrected chi connectivity index (χ4v) is 1.76. The van der Waals surface area contributed by atoms with Crippen molar-refractivity contribution in [2.24, 2.45) is 0 Å². The average molecular weight is 190 g/mol. The summed E-state index contributed by atoms with van der Waals surface area (Å²) in [5, 5.41) is 11.2. The van der Waals surface area contributed by atoms with Crippen LogP contribution in [0.3, 0.4) is 0 Å². The number of nitrogens with zero attached hydrogens (tertiary/aromatic N) is 4. The Kier molecular flexibility index (Phi) is 1.29. The minimum atomic E-state index is -0.158. The van der Waals surface area contributed by atoms with Crippen molar-refractivity contribution < 1.29 is 4.39 Å². The molecule has 0 saturated carbocycles. The standard InChI is InChI=1S/C9H7FN4/c1-5-2-3-6-7(8(5)10)4-14-9(6)11-12-13-14/h2-3H,4H2,1H3. The van der Waals surface area contributed by atoms with Gasteiger partial charge in [0.15, 0.2) is 5.82 Å². The van der Waals surface area contributed by atoms with Crippen molar-refractivity contribution in [2.45, 2.75) is 13.5 Å². The molecule has 0 saturated heterocycles. The fourth-order valence-electron chi connectivity index (χ4n) is 1.76. The molecule has 0 aliphatic carbocycles. The van der Waals surface area contributed by atoms with Crippen molar-refractivity contribution in [1.82, 2.24) is 20.2 Å². The second-order valence-corrected chi connectivity index (χ2v) is 3.38. The normalized spacial score (nSPS) is 12.7. The van der Waals surface area contributed by atoms with Gasteiger partial charge in [-0.15, -0.1) is 5.10 Å². The molecule has 5 heteroatoms. The number of aromatic nitrogens is 4. The highest BCUT2D eigenvalue weighted by Crippen LogP contribution is 2.31. The van der Waals surface area contributed by atoms with Crippen molar-refractivity contribution in [3.05, 3.63) is 29.1 Å². The lowest BCUT2D eigenvalue weighted by molar-refractivity contribution is 0.584. The zero-order valence-electron chi connectivity index (χ0n) is 7.53. The maximum Gasteiger partial charge on any atom is 0.182 e. The molecule has 3 rings (SSSR count). The van der Waals surface area contributed by atoms with Crippen molar-refractivity contribution in [3.63, 3.8) is 0 Å². The third-order valence-electron chi connectivity index (χ3n) is 2.52. The summed E-state index contributed by atoms with van der Waals surface area (Å²) in [4.78, 5) is 0. The lowest BCUT2D eigenvalue weighted by Gasteiger charge is -2.01. The first-order chi connectivity index (χ1) is 6.77. The molecule has 0 radical (unpaired) electrons. The zero-order chi connectivity index (χ0) is 9.71. The van der Waals surface area contributed by atoms with Gasteiger partial charge in [-0.2, -0.15) is 0 Å². The third-order valence-corrected chi connectivity index (χ3v) is 2.52. The molecular formula is C9H7FN4. The number of halogens is 1. The summed E-state index contributed by atoms with van der Waals surface area (Å²) in [6.45, 7) is 2.19. The Bertz CT molecular complexity index is 518. The largest absolute Gasteiger partial charge is 0.221 e. The number of benzene rings is 1. The molecule has 0 unspecified atom stereocenters. The molecule has 1 aromatic carbocycles. The summed E-state index contributed by atoms with van der Waals surface area (Å²) in [5.74, 6) is 0.494. The first kappa shape index (κ1) is 7.61. The average Bonchev–Trinajstić information content (AvgIpc) is 2.71. The first-order valence-corrected chi connectivity index (χ1v) is 4.32. The molecule has 2 heterocycles. The second kappa shape index (κ2) is 2.37. The van der Waals surface area contributed by atoms with Crippen LogP contribution in [0.4, 0.5) is 4.39 Å². The lowest BCUT2D eigenvalue weighted by Crippen LogP contribution is -1.98. The topological polar surface area (TPSA) is 43.6 Å². The predicted octanol–water partition coefficient (Wildman–Crippen LogP) is 1.15. The van der Waals surface area contributed by atoms with Crippen molar-refractivity contribution in [3.8, 4) is 11.4 Å². The molecular weight excluding hydrogens is 183 g/mol. The van der Waals surface area contributed by atoms with E-state index in [-0.39, 0.29) is 5.82 Å². The van der Waals surface area contributed by atoms with Gasteiger partial charge in [0, 0.05) is 11.1 Å². The van der Waals surface area contributed by atoms with E-state index in [0.29, 0.717) is 23.5 Å². The molecule has 70 valence electrons. The molecule has 1 aliphatic rings. The molecule has 14 heavy (non-hydrogen) atoms. The van der Waals surface area contributed by atoms with E-state index in [0.717, 1.165) is 5.56 Å². The van der Waals surface area contributed by atoms with E-state index in [2.05, 4.69) is 15.5 Å². The molecule has 0 bridgehead atoms. The summed E-state index contributed by atoms with van der Waals surface area (Å²) >= 11 is 0. The van der Waals surface area contributed by atoms with Gasteiger partial charge in [0.2, 0.25) is 0 Å². The quantitative estimate of drug-likeness (QED) is 0.534. The van der Waals surface area contributed by atoms with Crippen LogP contribution >= 0.6 is 0 Å². The van der Waals surface area contributed by atoms with Gasteiger partial charge in [0.1, 0.15) is 5.82 Å². The van der Waals surface area contributed by atoms with E-state index < -0.39 is 0 Å². The number of fused-ring (bicyclic) bond motifs is 3. The number of aryl methyl sites for hydroxylation is 1. The highest BCUT2D eigenvalue weighted by atomic mass is 19.1. The van der Waals surface area contributed by atoms with Gasteiger partial charge in [0.05, 0.1) is 6.54 Å². The van der Waals surface area contributed by atoms with E-state index in [1.165, 1.54) is 0 Å². The smallest absolute Gasteiger partial charge is 0.182 e. The first-order valence-electron chi connectivity index (χ1n) is 4.32. The van der Waals surface area contributed by atoms with E-state index >= 15 is 0 Å². The summed E-state index contributed by atoms with van der Waals surface area (Å²) in [6, 6.07) is 3.61. The predicted molar refractivity (Wildman–Crippen MR) is 47.1 cm³/mol. The van der Waals surface area contributed by atoms with Crippen molar-refractivity contribution in [1.29, 1.82) is 0 Å². The molecule has 0 spiro atoms. The van der Waals surface area contributed by atoms with E-state index in [1.54, 1.807) is 17.7 Å². The van der Waals surface area contributed by atoms with Gasteiger partial charge in [-0.05, 0) is 22.9 Å². The van der Waals surface area contributed by atoms with E-state index in [9.17, 15) is 4.39 Å². The molecule has 1 aromatic heterocycles. The second-order valence-electron chi connectivity index (χ2n) is 3.38. The molecule has 0 atom stereocenters. The summed E-state index contributed by atoms with van der Waals surface area (Å²) < 4.78 is 15.3. The Hall–Kier alpha value is -1.78. The fraction of sp³-hybridized carbons (Fsp3) is 0.222. The zero-order valence-corrected chi connectivity index (χ0v) is 7.53. The van der Waals surface area contributed by atoms with Gasteiger partial charge in [0.25, 0.3) is 0 Å². The van der Waals surface area contributed by atoms with Gasteiger partial charge >= 0.3 is 0 Å². The molecule has 1 aliphatic heterocycles.